The van der Waals surface area contributed by atoms with Crippen molar-refractivity contribution in [1.82, 2.24) is 24.5 Å². The molecule has 0 saturated carbocycles. The van der Waals surface area contributed by atoms with Crippen LogP contribution < -0.4 is 4.74 Å². The number of rotatable bonds is 5. The molecule has 1 fully saturated rings. The maximum absolute atomic E-state index is 13.4. The molecule has 3 heterocycles. The second-order valence-electron chi connectivity index (χ2n) is 7.99. The lowest BCUT2D eigenvalue weighted by atomic mass is 9.92. The Morgan fingerprint density at radius 3 is 2.66 bits per heavy atom. The molecule has 32 heavy (non-hydrogen) atoms. The zero-order valence-corrected chi connectivity index (χ0v) is 17.9. The second-order valence-corrected chi connectivity index (χ2v) is 7.99. The number of alkyl halides is 3. The average molecular weight is 447 g/mol. The Kier molecular flexibility index (Phi) is 6.03. The van der Waals surface area contributed by atoms with Gasteiger partial charge in [-0.05, 0) is 49.4 Å². The smallest absolute Gasteiger partial charge is 0.433 e. The van der Waals surface area contributed by atoms with Gasteiger partial charge >= 0.3 is 6.18 Å². The molecule has 170 valence electrons. The summed E-state index contributed by atoms with van der Waals surface area (Å²) in [6.45, 7) is 2.94. The number of aryl methyl sites for hydroxylation is 2. The Hall–Kier alpha value is -3.17. The number of fused-ring (bicyclic) bond motifs is 1. The molecule has 1 amide bonds. The largest absolute Gasteiger partial charge is 0.496 e. The van der Waals surface area contributed by atoms with Crippen molar-refractivity contribution < 1.29 is 22.7 Å². The number of carbonyl (C=O) groups is 1. The number of benzene rings is 1. The van der Waals surface area contributed by atoms with Gasteiger partial charge in [0.25, 0.3) is 5.78 Å². The maximum atomic E-state index is 13.4. The number of nitrogens with zero attached hydrogens (tertiary/aromatic N) is 5. The first-order chi connectivity index (χ1) is 15.3. The predicted octanol–water partition coefficient (Wildman–Crippen LogP) is 3.80. The number of carbonyl (C=O) groups excluding carboxylic acids is 1. The number of methoxy groups -OCH3 is 1. The van der Waals surface area contributed by atoms with Crippen molar-refractivity contribution in [3.05, 3.63) is 53.1 Å². The Bertz CT molecular complexity index is 1120. The van der Waals surface area contributed by atoms with Gasteiger partial charge in [-0.15, -0.1) is 0 Å². The van der Waals surface area contributed by atoms with Gasteiger partial charge in [-0.2, -0.15) is 27.8 Å². The number of ether oxygens (including phenoxy) is 1. The summed E-state index contributed by atoms with van der Waals surface area (Å²) in [6, 6.07) is 6.95. The van der Waals surface area contributed by atoms with Crippen LogP contribution in [-0.4, -0.2) is 50.6 Å². The summed E-state index contributed by atoms with van der Waals surface area (Å²) in [7, 11) is 1.62. The predicted molar refractivity (Wildman–Crippen MR) is 110 cm³/mol. The molecule has 0 unspecified atom stereocenters. The van der Waals surface area contributed by atoms with Crippen LogP contribution in [0.2, 0.25) is 0 Å². The summed E-state index contributed by atoms with van der Waals surface area (Å²) in [5.41, 5.74) is 1.52. The Morgan fingerprint density at radius 1 is 1.22 bits per heavy atom. The number of hydrogen-bond acceptors (Lipinski definition) is 5. The number of halogens is 3. The highest BCUT2D eigenvalue weighted by molar-refractivity contribution is 5.76. The number of aromatic nitrogens is 4. The molecular weight excluding hydrogens is 423 g/mol. The molecule has 3 aromatic rings. The van der Waals surface area contributed by atoms with E-state index >= 15 is 0 Å². The molecule has 0 aliphatic carbocycles. The lowest BCUT2D eigenvalue weighted by Crippen LogP contribution is -2.38. The van der Waals surface area contributed by atoms with Crippen molar-refractivity contribution in [1.29, 1.82) is 0 Å². The van der Waals surface area contributed by atoms with Gasteiger partial charge in [-0.3, -0.25) is 4.79 Å². The van der Waals surface area contributed by atoms with E-state index in [1.165, 1.54) is 0 Å². The summed E-state index contributed by atoms with van der Waals surface area (Å²) in [5.74, 6) is 0.607. The van der Waals surface area contributed by atoms with Crippen LogP contribution in [0, 0.1) is 6.92 Å². The zero-order valence-electron chi connectivity index (χ0n) is 17.9. The number of likely N-dealkylation sites (tertiary alicyclic amines) is 1. The van der Waals surface area contributed by atoms with Gasteiger partial charge in [-0.25, -0.2) is 4.98 Å². The molecule has 2 aromatic heterocycles. The third-order valence-corrected chi connectivity index (χ3v) is 5.93. The first kappa shape index (κ1) is 22.0. The third kappa shape index (κ3) is 4.53. The van der Waals surface area contributed by atoms with Gasteiger partial charge in [0.15, 0.2) is 5.69 Å². The Labute approximate surface area is 183 Å². The van der Waals surface area contributed by atoms with E-state index in [4.69, 9.17) is 4.74 Å². The normalized spacial score (nSPS) is 15.3. The van der Waals surface area contributed by atoms with E-state index in [1.807, 2.05) is 25.1 Å². The van der Waals surface area contributed by atoms with Crippen molar-refractivity contribution in [3.63, 3.8) is 0 Å². The fraction of sp³-hybridized carbons (Fsp3) is 0.455. The summed E-state index contributed by atoms with van der Waals surface area (Å²) >= 11 is 0. The van der Waals surface area contributed by atoms with E-state index in [-0.39, 0.29) is 17.6 Å². The van der Waals surface area contributed by atoms with Crippen LogP contribution in [0.5, 0.6) is 5.75 Å². The molecule has 7 nitrogen and oxygen atoms in total. The summed E-state index contributed by atoms with van der Waals surface area (Å²) in [5, 5.41) is 3.63. The van der Waals surface area contributed by atoms with E-state index < -0.39 is 11.9 Å². The topological polar surface area (TPSA) is 72.6 Å². The molecule has 0 N–H and O–H groups in total. The van der Waals surface area contributed by atoms with Crippen molar-refractivity contribution in [2.75, 3.05) is 20.2 Å². The fourth-order valence-corrected chi connectivity index (χ4v) is 4.10. The molecule has 4 rings (SSSR count). The first-order valence-corrected chi connectivity index (χ1v) is 10.5. The molecule has 1 saturated heterocycles. The van der Waals surface area contributed by atoms with Gasteiger partial charge in [-0.1, -0.05) is 12.1 Å². The molecule has 0 radical (unpaired) electrons. The van der Waals surface area contributed by atoms with E-state index in [0.29, 0.717) is 49.0 Å². The van der Waals surface area contributed by atoms with Gasteiger partial charge in [0.05, 0.1) is 7.11 Å². The molecule has 1 aliphatic heterocycles. The standard InChI is InChI=1S/C22H24F3N5O2/c1-14-3-4-15(11-18(14)32-2)5-6-20(31)29-9-7-16(8-10-29)17-12-19(22(23,24)25)30-21(28-17)26-13-27-30/h3-4,11-13,16H,5-10H2,1-2H3. The van der Waals surface area contributed by atoms with Crippen LogP contribution in [0.3, 0.4) is 0 Å². The van der Waals surface area contributed by atoms with Crippen molar-refractivity contribution in [2.24, 2.45) is 0 Å². The van der Waals surface area contributed by atoms with Crippen molar-refractivity contribution >= 4 is 11.7 Å². The summed E-state index contributed by atoms with van der Waals surface area (Å²) in [6.07, 6.45) is -1.41. The molecule has 1 aliphatic rings. The van der Waals surface area contributed by atoms with Crippen LogP contribution in [0.4, 0.5) is 13.2 Å². The van der Waals surface area contributed by atoms with Gasteiger partial charge in [0.2, 0.25) is 5.91 Å². The van der Waals surface area contributed by atoms with Gasteiger partial charge in [0.1, 0.15) is 12.1 Å². The van der Waals surface area contributed by atoms with Crippen molar-refractivity contribution in [3.8, 4) is 5.75 Å². The quantitative estimate of drug-likeness (QED) is 0.595. The maximum Gasteiger partial charge on any atom is 0.433 e. The second kappa shape index (κ2) is 8.76. The van der Waals surface area contributed by atoms with Crippen LogP contribution >= 0.6 is 0 Å². The van der Waals surface area contributed by atoms with E-state index in [0.717, 1.165) is 29.3 Å². The number of piperidine rings is 1. The zero-order chi connectivity index (χ0) is 22.9. The SMILES string of the molecule is COc1cc(CCC(=O)N2CCC(c3cc(C(F)(F)F)n4ncnc4n3)CC2)ccc1C. The van der Waals surface area contributed by atoms with Crippen LogP contribution in [0.25, 0.3) is 5.78 Å². The summed E-state index contributed by atoms with van der Waals surface area (Å²) in [4.78, 5) is 22.6. The number of hydrogen-bond donors (Lipinski definition) is 0. The van der Waals surface area contributed by atoms with E-state index in [1.54, 1.807) is 12.0 Å². The molecule has 0 atom stereocenters. The lowest BCUT2D eigenvalue weighted by Gasteiger charge is -2.32. The van der Waals surface area contributed by atoms with Crippen LogP contribution in [0.15, 0.2) is 30.6 Å². The minimum atomic E-state index is -4.56. The Balaban J connectivity index is 1.38. The average Bonchev–Trinajstić information content (AvgIpc) is 3.25. The van der Waals surface area contributed by atoms with Crippen LogP contribution in [0.1, 0.15) is 47.7 Å². The molecule has 10 heteroatoms. The van der Waals surface area contributed by atoms with Crippen LogP contribution in [-0.2, 0) is 17.4 Å². The fourth-order valence-electron chi connectivity index (χ4n) is 4.10. The first-order valence-electron chi connectivity index (χ1n) is 10.5. The molecular formula is C22H24F3N5O2. The van der Waals surface area contributed by atoms with Gasteiger partial charge in [0, 0.05) is 31.1 Å². The lowest BCUT2D eigenvalue weighted by molar-refractivity contribution is -0.142. The number of amides is 1. The van der Waals surface area contributed by atoms with Gasteiger partial charge < -0.3 is 9.64 Å². The molecule has 1 aromatic carbocycles. The monoisotopic (exact) mass is 447 g/mol. The third-order valence-electron chi connectivity index (χ3n) is 5.93. The molecule has 0 spiro atoms. The highest BCUT2D eigenvalue weighted by Crippen LogP contribution is 2.33. The molecule has 0 bridgehead atoms. The summed E-state index contributed by atoms with van der Waals surface area (Å²) < 4.78 is 46.3. The van der Waals surface area contributed by atoms with E-state index in [2.05, 4.69) is 15.1 Å². The highest BCUT2D eigenvalue weighted by Gasteiger charge is 2.36. The minimum Gasteiger partial charge on any atom is -0.496 e. The Morgan fingerprint density at radius 2 is 1.97 bits per heavy atom. The minimum absolute atomic E-state index is 0.0415. The van der Waals surface area contributed by atoms with Crippen molar-refractivity contribution in [2.45, 2.75) is 44.7 Å². The van der Waals surface area contributed by atoms with E-state index in [9.17, 15) is 18.0 Å². The highest BCUT2D eigenvalue weighted by atomic mass is 19.4.